The molecule has 36 heavy (non-hydrogen) atoms. The number of amides is 1. The summed E-state index contributed by atoms with van der Waals surface area (Å²) in [6.07, 6.45) is 0. The summed E-state index contributed by atoms with van der Waals surface area (Å²) in [5.74, 6) is -0.834. The van der Waals surface area contributed by atoms with Crippen molar-refractivity contribution in [1.82, 2.24) is 35.5 Å². The van der Waals surface area contributed by atoms with Gasteiger partial charge < -0.3 is 15.6 Å². The van der Waals surface area contributed by atoms with Crippen LogP contribution in [-0.4, -0.2) is 43.1 Å². The van der Waals surface area contributed by atoms with Crippen molar-refractivity contribution >= 4 is 45.4 Å². The van der Waals surface area contributed by atoms with Gasteiger partial charge in [0.2, 0.25) is 5.82 Å². The molecule has 11 nitrogen and oxygen atoms in total. The van der Waals surface area contributed by atoms with Gasteiger partial charge in [-0.25, -0.2) is 13.8 Å². The zero-order chi connectivity index (χ0) is 25.4. The molecule has 0 bridgehead atoms. The van der Waals surface area contributed by atoms with Crippen molar-refractivity contribution in [2.75, 3.05) is 12.4 Å². The first kappa shape index (κ1) is 23.4. The highest BCUT2D eigenvalue weighted by Crippen LogP contribution is 2.29. The van der Waals surface area contributed by atoms with E-state index in [1.54, 1.807) is 12.1 Å². The van der Waals surface area contributed by atoms with Gasteiger partial charge in [0.1, 0.15) is 11.9 Å². The quantitative estimate of drug-likeness (QED) is 0.265. The second-order valence-corrected chi connectivity index (χ2v) is 9.31. The molecule has 1 atom stereocenters. The number of rotatable bonds is 6. The number of nitrogens with one attached hydrogen (secondary N) is 4. The number of tetrazole rings is 1. The van der Waals surface area contributed by atoms with Crippen molar-refractivity contribution in [2.45, 2.75) is 6.04 Å². The molecule has 0 saturated carbocycles. The fraction of sp³-hybridized carbons (Fsp3) is 0.0909. The Morgan fingerprint density at radius 3 is 2.58 bits per heavy atom. The number of H-pyrrole nitrogens is 2. The van der Waals surface area contributed by atoms with Gasteiger partial charge in [-0.15, -0.1) is 21.5 Å². The Kier molecular flexibility index (Phi) is 6.08. The van der Waals surface area contributed by atoms with Crippen LogP contribution < -0.4 is 21.9 Å². The average molecular weight is 527 g/mol. The number of carbonyl (C=O) groups is 1. The number of aromatic amines is 2. The Labute approximate surface area is 209 Å². The number of fused-ring (bicyclic) bond motifs is 1. The first-order valence-electron chi connectivity index (χ1n) is 10.4. The van der Waals surface area contributed by atoms with Crippen molar-refractivity contribution in [3.05, 3.63) is 95.8 Å². The van der Waals surface area contributed by atoms with Gasteiger partial charge in [0.05, 0.1) is 26.6 Å². The summed E-state index contributed by atoms with van der Waals surface area (Å²) in [5, 5.41) is 19.3. The van der Waals surface area contributed by atoms with E-state index < -0.39 is 29.0 Å². The molecule has 1 unspecified atom stereocenters. The highest BCUT2D eigenvalue weighted by molar-refractivity contribution is 7.16. The number of nitrogens with zero attached hydrogens (tertiary/aromatic N) is 4. The molecule has 4 N–H and O–H groups in total. The van der Waals surface area contributed by atoms with Crippen LogP contribution in [0.1, 0.15) is 27.1 Å². The molecule has 3 heterocycles. The second-order valence-electron chi connectivity index (χ2n) is 7.56. The SMILES string of the molecule is CNc1cc2[nH]c(=O)n(-c3ccc(C(=O)NC(c4nn[nH]n4)c4ccc(Cl)s4)cc3)c(=O)c2cc1F. The Hall–Kier alpha value is -4.36. The third-order valence-corrected chi connectivity index (χ3v) is 6.71. The van der Waals surface area contributed by atoms with Gasteiger partial charge in [-0.3, -0.25) is 9.59 Å². The van der Waals surface area contributed by atoms with E-state index in [0.717, 1.165) is 10.6 Å². The Bertz CT molecular complexity index is 1700. The number of hydrogen-bond donors (Lipinski definition) is 4. The largest absolute Gasteiger partial charge is 0.386 e. The Balaban J connectivity index is 1.46. The van der Waals surface area contributed by atoms with Gasteiger partial charge in [0.15, 0.2) is 0 Å². The van der Waals surface area contributed by atoms with Gasteiger partial charge in [-0.1, -0.05) is 16.8 Å². The molecule has 5 rings (SSSR count). The summed E-state index contributed by atoms with van der Waals surface area (Å²) < 4.78 is 15.6. The van der Waals surface area contributed by atoms with Crippen LogP contribution in [0.2, 0.25) is 4.34 Å². The number of aromatic nitrogens is 6. The van der Waals surface area contributed by atoms with Crippen molar-refractivity contribution in [3.8, 4) is 5.69 Å². The lowest BCUT2D eigenvalue weighted by molar-refractivity contribution is 0.0942. The third kappa shape index (κ3) is 4.25. The zero-order valence-electron chi connectivity index (χ0n) is 18.4. The minimum atomic E-state index is -0.704. The monoisotopic (exact) mass is 526 g/mol. The van der Waals surface area contributed by atoms with E-state index in [1.807, 2.05) is 0 Å². The third-order valence-electron chi connectivity index (χ3n) is 5.42. The van der Waals surface area contributed by atoms with E-state index in [0.29, 0.717) is 9.21 Å². The normalized spacial score (nSPS) is 12.0. The lowest BCUT2D eigenvalue weighted by Gasteiger charge is -2.14. The standard InChI is InChI=1S/C22H16ClFN8O3S/c1-25-15-9-14-12(8-13(15)24)21(34)32(22(35)26-14)11-4-2-10(3-5-11)20(33)27-18(19-28-30-31-29-19)16-6-7-17(23)36-16/h2-9,18,25H,1H3,(H,26,35)(H,27,33)(H,28,29,30,31). The highest BCUT2D eigenvalue weighted by atomic mass is 35.5. The number of carbonyl (C=O) groups excluding carboxylic acids is 1. The predicted molar refractivity (Wildman–Crippen MR) is 132 cm³/mol. The maximum atomic E-state index is 14.2. The van der Waals surface area contributed by atoms with Crippen molar-refractivity contribution in [3.63, 3.8) is 0 Å². The fourth-order valence-corrected chi connectivity index (χ4v) is 4.79. The molecule has 182 valence electrons. The van der Waals surface area contributed by atoms with E-state index in [-0.39, 0.29) is 33.7 Å². The predicted octanol–water partition coefficient (Wildman–Crippen LogP) is 2.61. The molecule has 5 aromatic rings. The maximum Gasteiger partial charge on any atom is 0.333 e. The molecule has 3 aromatic heterocycles. The first-order valence-corrected chi connectivity index (χ1v) is 11.6. The van der Waals surface area contributed by atoms with E-state index in [1.165, 1.54) is 48.7 Å². The topological polar surface area (TPSA) is 150 Å². The number of thiophene rings is 1. The summed E-state index contributed by atoms with van der Waals surface area (Å²) in [6, 6.07) is 11.0. The van der Waals surface area contributed by atoms with Gasteiger partial charge >= 0.3 is 5.69 Å². The summed E-state index contributed by atoms with van der Waals surface area (Å²) in [7, 11) is 1.53. The van der Waals surface area contributed by atoms with Gasteiger partial charge in [-0.2, -0.15) is 5.21 Å². The Morgan fingerprint density at radius 2 is 1.94 bits per heavy atom. The van der Waals surface area contributed by atoms with Gasteiger partial charge in [-0.05, 0) is 48.5 Å². The number of anilines is 1. The molecule has 0 spiro atoms. The number of hydrogen-bond acceptors (Lipinski definition) is 8. The molecule has 1 amide bonds. The lowest BCUT2D eigenvalue weighted by atomic mass is 10.1. The molecular weight excluding hydrogens is 511 g/mol. The molecular formula is C22H16ClFN8O3S. The van der Waals surface area contributed by atoms with Crippen LogP contribution in [0.25, 0.3) is 16.6 Å². The smallest absolute Gasteiger partial charge is 0.333 e. The van der Waals surface area contributed by atoms with E-state index in [4.69, 9.17) is 11.6 Å². The van der Waals surface area contributed by atoms with Crippen molar-refractivity contribution in [2.24, 2.45) is 0 Å². The number of benzene rings is 2. The van der Waals surface area contributed by atoms with Gasteiger partial charge in [0.25, 0.3) is 11.5 Å². The lowest BCUT2D eigenvalue weighted by Crippen LogP contribution is -2.34. The van der Waals surface area contributed by atoms with Crippen molar-refractivity contribution in [1.29, 1.82) is 0 Å². The summed E-state index contributed by atoms with van der Waals surface area (Å²) in [5.41, 5.74) is -0.592. The van der Waals surface area contributed by atoms with Crippen LogP contribution in [-0.2, 0) is 0 Å². The number of halogens is 2. The minimum absolute atomic E-state index is 0.00508. The van der Waals surface area contributed by atoms with Crippen LogP contribution in [0.4, 0.5) is 10.1 Å². The van der Waals surface area contributed by atoms with E-state index in [9.17, 15) is 18.8 Å². The van der Waals surface area contributed by atoms with Crippen LogP contribution in [0.5, 0.6) is 0 Å². The minimum Gasteiger partial charge on any atom is -0.386 e. The summed E-state index contributed by atoms with van der Waals surface area (Å²) >= 11 is 7.30. The second kappa shape index (κ2) is 9.36. The average Bonchev–Trinajstić information content (AvgIpc) is 3.55. The Morgan fingerprint density at radius 1 is 1.17 bits per heavy atom. The molecule has 0 radical (unpaired) electrons. The highest BCUT2D eigenvalue weighted by Gasteiger charge is 2.23. The van der Waals surface area contributed by atoms with Crippen molar-refractivity contribution < 1.29 is 9.18 Å². The fourth-order valence-electron chi connectivity index (χ4n) is 3.68. The zero-order valence-corrected chi connectivity index (χ0v) is 19.9. The van der Waals surface area contributed by atoms with Crippen LogP contribution in [0, 0.1) is 5.82 Å². The van der Waals surface area contributed by atoms with Gasteiger partial charge in [0, 0.05) is 17.5 Å². The molecule has 2 aromatic carbocycles. The summed E-state index contributed by atoms with van der Waals surface area (Å²) in [6.45, 7) is 0. The first-order chi connectivity index (χ1) is 17.4. The van der Waals surface area contributed by atoms with E-state index >= 15 is 0 Å². The molecule has 14 heteroatoms. The molecule has 0 fully saturated rings. The van der Waals surface area contributed by atoms with Crippen LogP contribution in [0.3, 0.4) is 0 Å². The molecule has 0 aliphatic rings. The molecule has 0 aliphatic carbocycles. The van der Waals surface area contributed by atoms with Crippen LogP contribution in [0.15, 0.2) is 58.1 Å². The molecule has 0 saturated heterocycles. The molecule has 0 aliphatic heterocycles. The maximum absolute atomic E-state index is 14.2. The van der Waals surface area contributed by atoms with Crippen LogP contribution >= 0.6 is 22.9 Å². The summed E-state index contributed by atoms with van der Waals surface area (Å²) in [4.78, 5) is 41.9. The van der Waals surface area contributed by atoms with E-state index in [2.05, 4.69) is 36.2 Å².